The summed E-state index contributed by atoms with van der Waals surface area (Å²) in [5, 5.41) is 7.09. The number of H-pyrrole nitrogens is 1. The smallest absolute Gasteiger partial charge is 0.213 e. The first-order valence-electron chi connectivity index (χ1n) is 5.90. The lowest BCUT2D eigenvalue weighted by Crippen LogP contribution is -2.04. The number of nitrogens with two attached hydrogens (primary N) is 1. The summed E-state index contributed by atoms with van der Waals surface area (Å²) in [6, 6.07) is 3.77. The van der Waals surface area contributed by atoms with Crippen molar-refractivity contribution in [2.45, 2.75) is 20.8 Å². The van der Waals surface area contributed by atoms with Crippen LogP contribution in [-0.2, 0) is 0 Å². The van der Waals surface area contributed by atoms with Crippen LogP contribution in [0.5, 0.6) is 5.88 Å². The number of pyridine rings is 1. The lowest BCUT2D eigenvalue weighted by molar-refractivity contribution is 0.397. The first-order valence-corrected chi connectivity index (χ1v) is 5.90. The molecule has 0 saturated heterocycles. The highest BCUT2D eigenvalue weighted by Crippen LogP contribution is 2.33. The Morgan fingerprint density at radius 3 is 2.68 bits per heavy atom. The summed E-state index contributed by atoms with van der Waals surface area (Å²) < 4.78 is 5.11. The van der Waals surface area contributed by atoms with Gasteiger partial charge in [-0.1, -0.05) is 0 Å². The van der Waals surface area contributed by atoms with Gasteiger partial charge in [-0.25, -0.2) is 9.98 Å². The number of nitrogens with zero attached hydrogens (tertiary/aromatic N) is 3. The minimum Gasteiger partial charge on any atom is -0.481 e. The number of nitrogens with one attached hydrogen (secondary N) is 1. The van der Waals surface area contributed by atoms with Gasteiger partial charge >= 0.3 is 0 Å². The maximum atomic E-state index is 5.62. The number of hydrogen-bond acceptors (Lipinski definition) is 4. The third-order valence-electron chi connectivity index (χ3n) is 2.75. The Morgan fingerprint density at radius 1 is 1.37 bits per heavy atom. The molecule has 0 aliphatic carbocycles. The zero-order chi connectivity index (χ0) is 14.0. The van der Waals surface area contributed by atoms with E-state index in [1.54, 1.807) is 14.0 Å². The van der Waals surface area contributed by atoms with E-state index < -0.39 is 0 Å². The second kappa shape index (κ2) is 5.09. The largest absolute Gasteiger partial charge is 0.481 e. The molecule has 0 fully saturated rings. The van der Waals surface area contributed by atoms with E-state index >= 15 is 0 Å². The zero-order valence-electron chi connectivity index (χ0n) is 11.5. The number of methoxy groups -OCH3 is 1. The Hall–Kier alpha value is -2.37. The fourth-order valence-electron chi connectivity index (χ4n) is 1.90. The molecule has 0 spiro atoms. The number of aromatic amines is 1. The van der Waals surface area contributed by atoms with Gasteiger partial charge in [0.05, 0.1) is 18.5 Å². The monoisotopic (exact) mass is 259 g/mol. The Morgan fingerprint density at radius 2 is 2.11 bits per heavy atom. The summed E-state index contributed by atoms with van der Waals surface area (Å²) in [5.74, 6) is 1.63. The Balaban J connectivity index is 2.59. The van der Waals surface area contributed by atoms with E-state index in [-0.39, 0.29) is 0 Å². The minimum absolute atomic E-state index is 0.465. The van der Waals surface area contributed by atoms with Crippen molar-refractivity contribution in [1.82, 2.24) is 15.2 Å². The average molecular weight is 259 g/mol. The van der Waals surface area contributed by atoms with Gasteiger partial charge in [-0.3, -0.25) is 5.10 Å². The number of amidine groups is 1. The topological polar surface area (TPSA) is 89.2 Å². The fraction of sp³-hybridized carbons (Fsp3) is 0.308. The molecule has 3 N–H and O–H groups in total. The summed E-state index contributed by atoms with van der Waals surface area (Å²) in [5.41, 5.74) is 9.29. The molecule has 0 amide bonds. The van der Waals surface area contributed by atoms with E-state index in [0.717, 1.165) is 22.5 Å². The van der Waals surface area contributed by atoms with Crippen LogP contribution in [0.15, 0.2) is 17.1 Å². The third kappa shape index (κ3) is 2.57. The maximum Gasteiger partial charge on any atom is 0.213 e. The van der Waals surface area contributed by atoms with Crippen LogP contribution < -0.4 is 10.5 Å². The van der Waals surface area contributed by atoms with Gasteiger partial charge in [-0.05, 0) is 26.8 Å². The summed E-state index contributed by atoms with van der Waals surface area (Å²) >= 11 is 0. The van der Waals surface area contributed by atoms with Gasteiger partial charge in [0, 0.05) is 23.0 Å². The zero-order valence-corrected chi connectivity index (χ0v) is 11.5. The summed E-state index contributed by atoms with van der Waals surface area (Å²) in [6.45, 7) is 5.59. The molecule has 0 unspecified atom stereocenters. The normalized spacial score (nSPS) is 11.7. The van der Waals surface area contributed by atoms with Gasteiger partial charge in [0.25, 0.3) is 0 Å². The third-order valence-corrected chi connectivity index (χ3v) is 2.75. The highest BCUT2D eigenvalue weighted by Gasteiger charge is 2.15. The van der Waals surface area contributed by atoms with Crippen molar-refractivity contribution >= 4 is 11.7 Å². The minimum atomic E-state index is 0.465. The number of aliphatic imine (C=N–C) groups is 1. The van der Waals surface area contributed by atoms with Crippen LogP contribution in [0.3, 0.4) is 0 Å². The van der Waals surface area contributed by atoms with E-state index in [9.17, 15) is 0 Å². The number of ether oxygens (including phenoxy) is 1. The van der Waals surface area contributed by atoms with Crippen molar-refractivity contribution in [3.8, 4) is 17.0 Å². The average Bonchev–Trinajstić information content (AvgIpc) is 2.70. The predicted octanol–water partition coefficient (Wildman–Crippen LogP) is 2.11. The van der Waals surface area contributed by atoms with E-state index in [0.29, 0.717) is 17.5 Å². The van der Waals surface area contributed by atoms with Crippen molar-refractivity contribution in [2.24, 2.45) is 10.7 Å². The van der Waals surface area contributed by atoms with E-state index in [4.69, 9.17) is 10.5 Å². The molecule has 0 aliphatic rings. The van der Waals surface area contributed by atoms with Crippen LogP contribution in [0, 0.1) is 13.8 Å². The van der Waals surface area contributed by atoms with E-state index in [1.807, 2.05) is 26.0 Å². The molecule has 0 aromatic carbocycles. The molecule has 6 heteroatoms. The molecule has 0 aliphatic heterocycles. The summed E-state index contributed by atoms with van der Waals surface area (Å²) in [7, 11) is 1.60. The highest BCUT2D eigenvalue weighted by atomic mass is 16.5. The standard InChI is InChI=1S/C13H17N5O/c1-7-10(5-6-11(15-7)19-4)12-8(2)17-18-13(12)16-9(3)14/h5-6H,1-4H3,(H3,14,16,17,18). The number of aryl methyl sites for hydroxylation is 2. The van der Waals surface area contributed by atoms with Crippen molar-refractivity contribution in [2.75, 3.05) is 7.11 Å². The second-order valence-electron chi connectivity index (χ2n) is 4.29. The molecular weight excluding hydrogens is 242 g/mol. The molecule has 2 aromatic rings. The van der Waals surface area contributed by atoms with Gasteiger partial charge < -0.3 is 10.5 Å². The van der Waals surface area contributed by atoms with E-state index in [2.05, 4.69) is 20.2 Å². The molecule has 0 bridgehead atoms. The number of hydrogen-bond donors (Lipinski definition) is 2. The second-order valence-corrected chi connectivity index (χ2v) is 4.29. The lowest BCUT2D eigenvalue weighted by atomic mass is 10.0. The highest BCUT2D eigenvalue weighted by molar-refractivity contribution is 5.85. The van der Waals surface area contributed by atoms with Gasteiger partial charge in [0.2, 0.25) is 5.88 Å². The van der Waals surface area contributed by atoms with Gasteiger partial charge in [0.1, 0.15) is 0 Å². The molecule has 100 valence electrons. The van der Waals surface area contributed by atoms with Gasteiger partial charge in [0.15, 0.2) is 5.82 Å². The molecule has 0 saturated carbocycles. The van der Waals surface area contributed by atoms with Crippen molar-refractivity contribution in [3.05, 3.63) is 23.5 Å². The summed E-state index contributed by atoms with van der Waals surface area (Å²) in [6.07, 6.45) is 0. The Kier molecular flexibility index (Phi) is 3.50. The molecule has 6 nitrogen and oxygen atoms in total. The van der Waals surface area contributed by atoms with Crippen molar-refractivity contribution in [1.29, 1.82) is 0 Å². The first-order chi connectivity index (χ1) is 9.02. The SMILES string of the molecule is COc1ccc(-c2c(N=C(C)N)n[nH]c2C)c(C)n1. The molecule has 19 heavy (non-hydrogen) atoms. The van der Waals surface area contributed by atoms with Crippen molar-refractivity contribution in [3.63, 3.8) is 0 Å². The molecule has 2 aromatic heterocycles. The first kappa shape index (κ1) is 13.1. The molecular formula is C13H17N5O. The number of aromatic nitrogens is 3. The Bertz CT molecular complexity index is 626. The van der Waals surface area contributed by atoms with Crippen LogP contribution >= 0.6 is 0 Å². The van der Waals surface area contributed by atoms with Crippen LogP contribution in [0.25, 0.3) is 11.1 Å². The summed E-state index contributed by atoms with van der Waals surface area (Å²) in [4.78, 5) is 8.60. The maximum absolute atomic E-state index is 5.62. The Labute approximate surface area is 111 Å². The van der Waals surface area contributed by atoms with Gasteiger partial charge in [-0.2, -0.15) is 5.10 Å². The van der Waals surface area contributed by atoms with Crippen LogP contribution in [0.4, 0.5) is 5.82 Å². The van der Waals surface area contributed by atoms with E-state index in [1.165, 1.54) is 0 Å². The fourth-order valence-corrected chi connectivity index (χ4v) is 1.90. The molecule has 0 radical (unpaired) electrons. The quantitative estimate of drug-likeness (QED) is 0.652. The van der Waals surface area contributed by atoms with Gasteiger partial charge in [-0.15, -0.1) is 0 Å². The van der Waals surface area contributed by atoms with Crippen molar-refractivity contribution < 1.29 is 4.74 Å². The molecule has 2 rings (SSSR count). The molecule has 2 heterocycles. The van der Waals surface area contributed by atoms with Crippen LogP contribution in [-0.4, -0.2) is 28.1 Å². The van der Waals surface area contributed by atoms with Crippen LogP contribution in [0.1, 0.15) is 18.3 Å². The number of rotatable bonds is 3. The van der Waals surface area contributed by atoms with Crippen LogP contribution in [0.2, 0.25) is 0 Å². The molecule has 0 atom stereocenters. The lowest BCUT2D eigenvalue weighted by Gasteiger charge is -2.07. The predicted molar refractivity (Wildman–Crippen MR) is 74.8 cm³/mol.